The van der Waals surface area contributed by atoms with Gasteiger partial charge in [0, 0.05) is 23.2 Å². The molecule has 0 spiro atoms. The van der Waals surface area contributed by atoms with Crippen LogP contribution in [0.5, 0.6) is 0 Å². The molecular weight excluding hydrogens is 284 g/mol. The summed E-state index contributed by atoms with van der Waals surface area (Å²) >= 11 is 1.59. The normalized spacial score (nSPS) is 13.3. The van der Waals surface area contributed by atoms with Crippen LogP contribution in [0, 0.1) is 0 Å². The highest BCUT2D eigenvalue weighted by Crippen LogP contribution is 2.12. The van der Waals surface area contributed by atoms with Crippen LogP contribution in [0.1, 0.15) is 11.8 Å². The molecule has 1 atom stereocenters. The number of rotatable bonds is 5. The summed E-state index contributed by atoms with van der Waals surface area (Å²) < 4.78 is 26.7. The lowest BCUT2D eigenvalue weighted by molar-refractivity contribution is 0.560. The number of thiophene rings is 1. The highest BCUT2D eigenvalue weighted by molar-refractivity contribution is 7.89. The van der Waals surface area contributed by atoms with Gasteiger partial charge in [-0.15, -0.1) is 11.3 Å². The summed E-state index contributed by atoms with van der Waals surface area (Å²) in [5.74, 6) is 0. The predicted octanol–water partition coefficient (Wildman–Crippen LogP) is 1.35. The monoisotopic (exact) mass is 298 g/mol. The van der Waals surface area contributed by atoms with E-state index in [-0.39, 0.29) is 16.5 Å². The van der Waals surface area contributed by atoms with Crippen molar-refractivity contribution in [2.75, 3.05) is 0 Å². The number of nitrogens with one attached hydrogen (secondary N) is 2. The van der Waals surface area contributed by atoms with Crippen molar-refractivity contribution in [3.63, 3.8) is 0 Å². The Morgan fingerprint density at radius 1 is 1.37 bits per heavy atom. The Morgan fingerprint density at radius 2 is 2.16 bits per heavy atom. The zero-order valence-electron chi connectivity index (χ0n) is 10.3. The quantitative estimate of drug-likeness (QED) is 0.874. The van der Waals surface area contributed by atoms with Crippen LogP contribution in [0.25, 0.3) is 0 Å². The van der Waals surface area contributed by atoms with E-state index >= 15 is 0 Å². The van der Waals surface area contributed by atoms with Crippen molar-refractivity contribution in [2.24, 2.45) is 0 Å². The average molecular weight is 298 g/mol. The molecule has 2 aromatic heterocycles. The number of pyridine rings is 1. The average Bonchev–Trinajstić information content (AvgIpc) is 2.81. The van der Waals surface area contributed by atoms with E-state index in [1.165, 1.54) is 18.3 Å². The standard InChI is InChI=1S/C12H14N2O3S2/c1-9(7-10-3-2-6-18-10)14-19(16,17)11-4-5-12(15)13-8-11/h2-6,8-9,14H,7H2,1H3,(H,13,15). The van der Waals surface area contributed by atoms with Crippen molar-refractivity contribution in [1.29, 1.82) is 0 Å². The zero-order chi connectivity index (χ0) is 13.9. The second kappa shape index (κ2) is 5.68. The molecule has 0 bridgehead atoms. The van der Waals surface area contributed by atoms with Crippen LogP contribution in [0.15, 0.2) is 45.5 Å². The fourth-order valence-corrected chi connectivity index (χ4v) is 3.71. The van der Waals surface area contributed by atoms with Gasteiger partial charge in [-0.05, 0) is 30.9 Å². The van der Waals surface area contributed by atoms with E-state index in [0.717, 1.165) is 4.88 Å². The molecule has 19 heavy (non-hydrogen) atoms. The summed E-state index contributed by atoms with van der Waals surface area (Å²) in [6, 6.07) is 6.17. The Kier molecular flexibility index (Phi) is 4.18. The molecule has 0 aliphatic carbocycles. The molecule has 0 saturated carbocycles. The lowest BCUT2D eigenvalue weighted by atomic mass is 10.2. The molecule has 2 rings (SSSR count). The van der Waals surface area contributed by atoms with E-state index in [2.05, 4.69) is 9.71 Å². The van der Waals surface area contributed by atoms with Crippen molar-refractivity contribution in [1.82, 2.24) is 9.71 Å². The van der Waals surface area contributed by atoms with Gasteiger partial charge in [-0.3, -0.25) is 4.79 Å². The minimum atomic E-state index is -3.59. The Morgan fingerprint density at radius 3 is 2.74 bits per heavy atom. The number of hydrogen-bond acceptors (Lipinski definition) is 4. The lowest BCUT2D eigenvalue weighted by Gasteiger charge is -2.13. The Bertz CT molecular complexity index is 670. The molecule has 0 aliphatic heterocycles. The zero-order valence-corrected chi connectivity index (χ0v) is 11.9. The molecule has 2 heterocycles. The molecule has 0 saturated heterocycles. The third-order valence-corrected chi connectivity index (χ3v) is 5.00. The van der Waals surface area contributed by atoms with Crippen LogP contribution in [-0.2, 0) is 16.4 Å². The summed E-state index contributed by atoms with van der Waals surface area (Å²) in [6.07, 6.45) is 1.84. The predicted molar refractivity (Wildman–Crippen MR) is 74.9 cm³/mol. The maximum atomic E-state index is 12.1. The van der Waals surface area contributed by atoms with E-state index in [0.29, 0.717) is 6.42 Å². The molecule has 0 aromatic carbocycles. The second-order valence-electron chi connectivity index (χ2n) is 4.19. The number of sulfonamides is 1. The topological polar surface area (TPSA) is 79.0 Å². The van der Waals surface area contributed by atoms with Gasteiger partial charge in [-0.1, -0.05) is 6.07 Å². The van der Waals surface area contributed by atoms with Gasteiger partial charge in [0.2, 0.25) is 15.6 Å². The van der Waals surface area contributed by atoms with E-state index in [1.807, 2.05) is 24.4 Å². The largest absolute Gasteiger partial charge is 0.328 e. The first kappa shape index (κ1) is 14.0. The molecule has 0 aliphatic rings. The molecule has 0 amide bonds. The molecule has 5 nitrogen and oxygen atoms in total. The van der Waals surface area contributed by atoms with Gasteiger partial charge in [0.25, 0.3) is 0 Å². The Labute approximate surface area is 115 Å². The van der Waals surface area contributed by atoms with Crippen LogP contribution < -0.4 is 10.3 Å². The van der Waals surface area contributed by atoms with Crippen LogP contribution in [-0.4, -0.2) is 19.4 Å². The first-order valence-electron chi connectivity index (χ1n) is 5.71. The molecule has 7 heteroatoms. The summed E-state index contributed by atoms with van der Waals surface area (Å²) in [5.41, 5.74) is -0.328. The highest BCUT2D eigenvalue weighted by atomic mass is 32.2. The number of aromatic nitrogens is 1. The van der Waals surface area contributed by atoms with Gasteiger partial charge in [0.05, 0.1) is 4.90 Å². The van der Waals surface area contributed by atoms with Gasteiger partial charge in [0.15, 0.2) is 0 Å². The lowest BCUT2D eigenvalue weighted by Crippen LogP contribution is -2.34. The summed E-state index contributed by atoms with van der Waals surface area (Å²) in [7, 11) is -3.59. The fraction of sp³-hybridized carbons (Fsp3) is 0.250. The van der Waals surface area contributed by atoms with Crippen molar-refractivity contribution >= 4 is 21.4 Å². The molecular formula is C12H14N2O3S2. The summed E-state index contributed by atoms with van der Waals surface area (Å²) in [6.45, 7) is 1.81. The number of hydrogen-bond donors (Lipinski definition) is 2. The first-order chi connectivity index (χ1) is 8.97. The van der Waals surface area contributed by atoms with E-state index < -0.39 is 10.0 Å². The van der Waals surface area contributed by atoms with Gasteiger partial charge in [0.1, 0.15) is 0 Å². The van der Waals surface area contributed by atoms with Crippen LogP contribution in [0.4, 0.5) is 0 Å². The maximum absolute atomic E-state index is 12.1. The Hall–Kier alpha value is -1.44. The van der Waals surface area contributed by atoms with Gasteiger partial charge >= 0.3 is 0 Å². The van der Waals surface area contributed by atoms with Crippen molar-refractivity contribution in [3.05, 3.63) is 51.1 Å². The van der Waals surface area contributed by atoms with Crippen molar-refractivity contribution in [2.45, 2.75) is 24.3 Å². The van der Waals surface area contributed by atoms with Crippen LogP contribution in [0.2, 0.25) is 0 Å². The van der Waals surface area contributed by atoms with E-state index in [9.17, 15) is 13.2 Å². The van der Waals surface area contributed by atoms with Crippen LogP contribution in [0.3, 0.4) is 0 Å². The Balaban J connectivity index is 2.08. The molecule has 2 aromatic rings. The molecule has 0 fully saturated rings. The van der Waals surface area contributed by atoms with Gasteiger partial charge in [-0.2, -0.15) is 0 Å². The van der Waals surface area contributed by atoms with E-state index in [4.69, 9.17) is 0 Å². The van der Waals surface area contributed by atoms with Gasteiger partial charge < -0.3 is 4.98 Å². The molecule has 102 valence electrons. The molecule has 1 unspecified atom stereocenters. The minimum absolute atomic E-state index is 0.0603. The first-order valence-corrected chi connectivity index (χ1v) is 8.07. The third-order valence-electron chi connectivity index (χ3n) is 2.51. The maximum Gasteiger partial charge on any atom is 0.247 e. The third kappa shape index (κ3) is 3.76. The SMILES string of the molecule is CC(Cc1cccs1)NS(=O)(=O)c1ccc(=O)[nH]c1. The number of H-pyrrole nitrogens is 1. The van der Waals surface area contributed by atoms with Crippen LogP contribution >= 0.6 is 11.3 Å². The molecule has 2 N–H and O–H groups in total. The van der Waals surface area contributed by atoms with Crippen molar-refractivity contribution < 1.29 is 8.42 Å². The van der Waals surface area contributed by atoms with Gasteiger partial charge in [-0.25, -0.2) is 13.1 Å². The van der Waals surface area contributed by atoms with E-state index in [1.54, 1.807) is 11.3 Å². The second-order valence-corrected chi connectivity index (χ2v) is 6.94. The molecule has 0 radical (unpaired) electrons. The highest BCUT2D eigenvalue weighted by Gasteiger charge is 2.17. The summed E-state index contributed by atoms with van der Waals surface area (Å²) in [5, 5.41) is 1.96. The smallest absolute Gasteiger partial charge is 0.247 e. The van der Waals surface area contributed by atoms with Crippen molar-refractivity contribution in [3.8, 4) is 0 Å². The summed E-state index contributed by atoms with van der Waals surface area (Å²) in [4.78, 5) is 14.4. The number of aromatic amines is 1. The minimum Gasteiger partial charge on any atom is -0.328 e. The fourth-order valence-electron chi connectivity index (χ4n) is 1.67.